The van der Waals surface area contributed by atoms with Crippen LogP contribution in [0.25, 0.3) is 0 Å². The zero-order valence-electron chi connectivity index (χ0n) is 16.7. The topological polar surface area (TPSA) is 65.5 Å². The lowest BCUT2D eigenvalue weighted by Gasteiger charge is -2.24. The van der Waals surface area contributed by atoms with Crippen LogP contribution in [0.3, 0.4) is 0 Å². The Bertz CT molecular complexity index is 751. The SMILES string of the molecule is CCC[C@@H](C(=O)NCc1ccccc1CN1CCC[C@H]1CO)c1ccccn1. The molecule has 2 N–H and O–H groups in total. The van der Waals surface area contributed by atoms with Crippen molar-refractivity contribution in [2.24, 2.45) is 0 Å². The van der Waals surface area contributed by atoms with Gasteiger partial charge < -0.3 is 10.4 Å². The van der Waals surface area contributed by atoms with Gasteiger partial charge >= 0.3 is 0 Å². The molecule has 150 valence electrons. The van der Waals surface area contributed by atoms with Crippen LogP contribution in [-0.4, -0.2) is 40.1 Å². The second kappa shape index (κ2) is 10.3. The first-order valence-corrected chi connectivity index (χ1v) is 10.3. The van der Waals surface area contributed by atoms with Gasteiger partial charge in [0, 0.05) is 25.3 Å². The van der Waals surface area contributed by atoms with Crippen molar-refractivity contribution in [2.45, 2.75) is 57.7 Å². The van der Waals surface area contributed by atoms with Crippen molar-refractivity contribution in [1.82, 2.24) is 15.2 Å². The van der Waals surface area contributed by atoms with E-state index in [0.29, 0.717) is 6.54 Å². The van der Waals surface area contributed by atoms with E-state index in [4.69, 9.17) is 0 Å². The quantitative estimate of drug-likeness (QED) is 0.700. The maximum atomic E-state index is 12.9. The summed E-state index contributed by atoms with van der Waals surface area (Å²) in [6.45, 7) is 4.65. The second-order valence-corrected chi connectivity index (χ2v) is 7.53. The molecule has 1 aromatic heterocycles. The molecular formula is C23H31N3O2. The van der Waals surface area contributed by atoms with Gasteiger partial charge in [-0.15, -0.1) is 0 Å². The summed E-state index contributed by atoms with van der Waals surface area (Å²) in [6, 6.07) is 14.2. The zero-order valence-corrected chi connectivity index (χ0v) is 16.7. The Labute approximate surface area is 167 Å². The first-order chi connectivity index (χ1) is 13.7. The molecule has 3 rings (SSSR count). The number of aliphatic hydroxyl groups is 1. The van der Waals surface area contributed by atoms with Crippen LogP contribution in [0.1, 0.15) is 55.3 Å². The number of amides is 1. The number of aromatic nitrogens is 1. The van der Waals surface area contributed by atoms with Gasteiger partial charge in [-0.3, -0.25) is 14.7 Å². The molecule has 1 aliphatic heterocycles. The third-order valence-electron chi connectivity index (χ3n) is 5.59. The third-order valence-corrected chi connectivity index (χ3v) is 5.59. The molecule has 5 heteroatoms. The predicted molar refractivity (Wildman–Crippen MR) is 111 cm³/mol. The fourth-order valence-corrected chi connectivity index (χ4v) is 4.00. The summed E-state index contributed by atoms with van der Waals surface area (Å²) in [5, 5.41) is 12.7. The number of rotatable bonds is 9. The van der Waals surface area contributed by atoms with Crippen molar-refractivity contribution in [3.63, 3.8) is 0 Å². The standard InChI is InChI=1S/C23H31N3O2/c1-2-8-21(22-12-5-6-13-24-22)23(28)25-15-18-9-3-4-10-19(18)16-26-14-7-11-20(26)17-27/h3-6,9-10,12-13,20-21,27H,2,7-8,11,14-17H2,1H3,(H,25,28)/t20-,21+/m0/s1. The van der Waals surface area contributed by atoms with Crippen LogP contribution in [-0.2, 0) is 17.9 Å². The van der Waals surface area contributed by atoms with Crippen molar-refractivity contribution in [3.8, 4) is 0 Å². The summed E-state index contributed by atoms with van der Waals surface area (Å²) in [7, 11) is 0. The lowest BCUT2D eigenvalue weighted by molar-refractivity contribution is -0.123. The van der Waals surface area contributed by atoms with E-state index in [1.807, 2.05) is 30.3 Å². The van der Waals surface area contributed by atoms with Crippen LogP contribution in [0, 0.1) is 0 Å². The normalized spacial score (nSPS) is 18.1. The van der Waals surface area contributed by atoms with Crippen LogP contribution < -0.4 is 5.32 Å². The Morgan fingerprint density at radius 3 is 2.75 bits per heavy atom. The first-order valence-electron chi connectivity index (χ1n) is 10.3. The number of nitrogens with one attached hydrogen (secondary N) is 1. The van der Waals surface area contributed by atoms with Gasteiger partial charge in [0.1, 0.15) is 0 Å². The monoisotopic (exact) mass is 381 g/mol. The van der Waals surface area contributed by atoms with E-state index in [0.717, 1.165) is 50.0 Å². The average molecular weight is 382 g/mol. The molecule has 5 nitrogen and oxygen atoms in total. The highest BCUT2D eigenvalue weighted by atomic mass is 16.3. The molecule has 28 heavy (non-hydrogen) atoms. The van der Waals surface area contributed by atoms with Gasteiger partial charge in [0.25, 0.3) is 0 Å². The van der Waals surface area contributed by atoms with E-state index >= 15 is 0 Å². The number of pyridine rings is 1. The van der Waals surface area contributed by atoms with Crippen LogP contribution in [0.4, 0.5) is 0 Å². The van der Waals surface area contributed by atoms with Crippen molar-refractivity contribution in [3.05, 3.63) is 65.5 Å². The molecule has 0 radical (unpaired) electrons. The number of likely N-dealkylation sites (tertiary alicyclic amines) is 1. The molecule has 0 spiro atoms. The minimum Gasteiger partial charge on any atom is -0.395 e. The van der Waals surface area contributed by atoms with E-state index in [1.165, 1.54) is 5.56 Å². The third kappa shape index (κ3) is 5.18. The highest BCUT2D eigenvalue weighted by Crippen LogP contribution is 2.22. The van der Waals surface area contributed by atoms with Crippen LogP contribution in [0.2, 0.25) is 0 Å². The number of carbonyl (C=O) groups excluding carboxylic acids is 1. The Kier molecular flexibility index (Phi) is 7.57. The van der Waals surface area contributed by atoms with Crippen molar-refractivity contribution in [1.29, 1.82) is 0 Å². The lowest BCUT2D eigenvalue weighted by Crippen LogP contribution is -2.33. The van der Waals surface area contributed by atoms with Gasteiger partial charge in [-0.05, 0) is 49.1 Å². The minimum atomic E-state index is -0.212. The maximum absolute atomic E-state index is 12.9. The summed E-state index contributed by atoms with van der Waals surface area (Å²) in [5.41, 5.74) is 3.18. The van der Waals surface area contributed by atoms with Gasteiger partial charge in [-0.1, -0.05) is 43.7 Å². The fourth-order valence-electron chi connectivity index (χ4n) is 4.00. The van der Waals surface area contributed by atoms with Crippen molar-refractivity contribution in [2.75, 3.05) is 13.2 Å². The molecule has 2 atom stereocenters. The highest BCUT2D eigenvalue weighted by Gasteiger charge is 2.25. The van der Waals surface area contributed by atoms with E-state index in [2.05, 4.69) is 34.3 Å². The summed E-state index contributed by atoms with van der Waals surface area (Å²) >= 11 is 0. The molecule has 2 heterocycles. The van der Waals surface area contributed by atoms with Crippen LogP contribution in [0.15, 0.2) is 48.7 Å². The minimum absolute atomic E-state index is 0.0322. The van der Waals surface area contributed by atoms with Gasteiger partial charge in [0.2, 0.25) is 5.91 Å². The molecule has 1 fully saturated rings. The molecule has 1 amide bonds. The number of carbonyl (C=O) groups is 1. The molecule has 0 aliphatic carbocycles. The highest BCUT2D eigenvalue weighted by molar-refractivity contribution is 5.83. The molecule has 0 unspecified atom stereocenters. The maximum Gasteiger partial charge on any atom is 0.229 e. The van der Waals surface area contributed by atoms with Gasteiger partial charge in [-0.25, -0.2) is 0 Å². The summed E-state index contributed by atoms with van der Waals surface area (Å²) in [6.07, 6.45) is 5.65. The first kappa shape index (κ1) is 20.5. The number of aliphatic hydroxyl groups excluding tert-OH is 1. The molecule has 0 bridgehead atoms. The Morgan fingerprint density at radius 2 is 2.04 bits per heavy atom. The van der Waals surface area contributed by atoms with Gasteiger partial charge in [0.05, 0.1) is 18.2 Å². The largest absolute Gasteiger partial charge is 0.395 e. The number of nitrogens with zero attached hydrogens (tertiary/aromatic N) is 2. The molecule has 2 aromatic rings. The van der Waals surface area contributed by atoms with Crippen molar-refractivity contribution >= 4 is 5.91 Å². The number of hydrogen-bond donors (Lipinski definition) is 2. The fraction of sp³-hybridized carbons (Fsp3) is 0.478. The molecule has 1 aliphatic rings. The summed E-state index contributed by atoms with van der Waals surface area (Å²) in [5.74, 6) is -0.180. The van der Waals surface area contributed by atoms with Gasteiger partial charge in [0.15, 0.2) is 0 Å². The van der Waals surface area contributed by atoms with Crippen LogP contribution >= 0.6 is 0 Å². The second-order valence-electron chi connectivity index (χ2n) is 7.53. The van der Waals surface area contributed by atoms with Crippen LogP contribution in [0.5, 0.6) is 0 Å². The van der Waals surface area contributed by atoms with Gasteiger partial charge in [-0.2, -0.15) is 0 Å². The van der Waals surface area contributed by atoms with E-state index in [9.17, 15) is 9.90 Å². The summed E-state index contributed by atoms with van der Waals surface area (Å²) in [4.78, 5) is 19.6. The smallest absolute Gasteiger partial charge is 0.229 e. The Morgan fingerprint density at radius 1 is 1.25 bits per heavy atom. The summed E-state index contributed by atoms with van der Waals surface area (Å²) < 4.78 is 0. The molecular weight excluding hydrogens is 350 g/mol. The Hall–Kier alpha value is -2.24. The van der Waals surface area contributed by atoms with E-state index in [1.54, 1.807) is 6.20 Å². The molecule has 0 saturated carbocycles. The number of hydrogen-bond acceptors (Lipinski definition) is 4. The Balaban J connectivity index is 1.66. The lowest BCUT2D eigenvalue weighted by atomic mass is 9.97. The molecule has 1 saturated heterocycles. The number of benzene rings is 1. The van der Waals surface area contributed by atoms with E-state index < -0.39 is 0 Å². The van der Waals surface area contributed by atoms with Crippen molar-refractivity contribution < 1.29 is 9.90 Å². The molecule has 1 aromatic carbocycles. The zero-order chi connectivity index (χ0) is 19.8. The average Bonchev–Trinajstić information content (AvgIpc) is 3.19. The predicted octanol–water partition coefficient (Wildman–Crippen LogP) is 3.24. The van der Waals surface area contributed by atoms with E-state index in [-0.39, 0.29) is 24.5 Å².